The van der Waals surface area contributed by atoms with Gasteiger partial charge in [-0.15, -0.1) is 0 Å². The summed E-state index contributed by atoms with van der Waals surface area (Å²) >= 11 is 0. The zero-order valence-corrected chi connectivity index (χ0v) is 17.3. The highest BCUT2D eigenvalue weighted by atomic mass is 16.5. The van der Waals surface area contributed by atoms with Crippen molar-refractivity contribution in [2.24, 2.45) is 5.73 Å². The molecule has 1 amide bonds. The number of carbonyl (C=O) groups excluding carboxylic acids is 1. The maximum absolute atomic E-state index is 13.0. The Morgan fingerprint density at radius 1 is 1.23 bits per heavy atom. The molecule has 9 heteroatoms. The number of rotatable bonds is 7. The molecule has 0 atom stereocenters. The molecule has 9 nitrogen and oxygen atoms in total. The van der Waals surface area contributed by atoms with E-state index in [-0.39, 0.29) is 17.6 Å². The van der Waals surface area contributed by atoms with Crippen LogP contribution in [0.4, 0.5) is 17.2 Å². The number of hydrogen-bond acceptors (Lipinski definition) is 8. The highest BCUT2D eigenvalue weighted by molar-refractivity contribution is 6.07. The summed E-state index contributed by atoms with van der Waals surface area (Å²) in [5.74, 6) is -0.375. The van der Waals surface area contributed by atoms with Gasteiger partial charge in [-0.2, -0.15) is 0 Å². The van der Waals surface area contributed by atoms with Crippen molar-refractivity contribution in [1.82, 2.24) is 15.0 Å². The molecule has 0 bridgehead atoms. The van der Waals surface area contributed by atoms with Gasteiger partial charge in [0.15, 0.2) is 11.5 Å². The van der Waals surface area contributed by atoms with Gasteiger partial charge in [-0.3, -0.25) is 9.78 Å². The van der Waals surface area contributed by atoms with E-state index < -0.39 is 5.91 Å². The molecule has 1 aliphatic heterocycles. The van der Waals surface area contributed by atoms with Gasteiger partial charge >= 0.3 is 0 Å². The number of pyridine rings is 1. The third-order valence-corrected chi connectivity index (χ3v) is 5.27. The van der Waals surface area contributed by atoms with Gasteiger partial charge in [-0.05, 0) is 24.6 Å². The van der Waals surface area contributed by atoms with E-state index in [4.69, 9.17) is 16.2 Å². The Hall–Kier alpha value is -3.56. The highest BCUT2D eigenvalue weighted by Gasteiger charge is 2.28. The summed E-state index contributed by atoms with van der Waals surface area (Å²) in [6, 6.07) is 9.70. The number of nitrogen functional groups attached to an aromatic ring is 1. The largest absolute Gasteiger partial charge is 0.382 e. The van der Waals surface area contributed by atoms with Crippen LogP contribution in [0.3, 0.4) is 0 Å². The number of benzene rings is 1. The minimum atomic E-state index is -0.440. The van der Waals surface area contributed by atoms with Gasteiger partial charge in [0.1, 0.15) is 0 Å². The predicted molar refractivity (Wildman–Crippen MR) is 120 cm³/mol. The van der Waals surface area contributed by atoms with Gasteiger partial charge in [-0.25, -0.2) is 9.97 Å². The lowest BCUT2D eigenvalue weighted by atomic mass is 10.1. The number of nitrogens with two attached hydrogens (primary N) is 2. The van der Waals surface area contributed by atoms with Crippen molar-refractivity contribution >= 4 is 23.1 Å². The summed E-state index contributed by atoms with van der Waals surface area (Å²) < 4.78 is 5.33. The molecule has 3 aromatic rings. The van der Waals surface area contributed by atoms with Gasteiger partial charge in [0, 0.05) is 32.0 Å². The van der Waals surface area contributed by atoms with Crippen LogP contribution in [0.15, 0.2) is 48.9 Å². The molecule has 0 radical (unpaired) electrons. The summed E-state index contributed by atoms with van der Waals surface area (Å²) in [6.07, 6.45) is 5.85. The molecule has 3 heterocycles. The van der Waals surface area contributed by atoms with E-state index in [1.54, 1.807) is 25.7 Å². The van der Waals surface area contributed by atoms with Crippen molar-refractivity contribution in [3.8, 4) is 11.3 Å². The molecule has 0 unspecified atom stereocenters. The first-order chi connectivity index (χ1) is 15.1. The number of hydrogen-bond donors (Lipinski definition) is 3. The lowest BCUT2D eigenvalue weighted by Crippen LogP contribution is -2.52. The molecule has 4 rings (SSSR count). The Labute approximate surface area is 180 Å². The lowest BCUT2D eigenvalue weighted by molar-refractivity contribution is 0.0788. The first-order valence-electron chi connectivity index (χ1n) is 10.0. The van der Waals surface area contributed by atoms with Gasteiger partial charge in [0.2, 0.25) is 0 Å². The molecule has 2 aromatic heterocycles. The van der Waals surface area contributed by atoms with E-state index >= 15 is 0 Å². The molecule has 0 spiro atoms. The Morgan fingerprint density at radius 2 is 2.00 bits per heavy atom. The second-order valence-corrected chi connectivity index (χ2v) is 7.33. The van der Waals surface area contributed by atoms with E-state index in [0.717, 1.165) is 36.3 Å². The van der Waals surface area contributed by atoms with Crippen LogP contribution in [-0.2, 0) is 11.2 Å². The summed E-state index contributed by atoms with van der Waals surface area (Å²) in [6.45, 7) is 2.09. The van der Waals surface area contributed by atoms with Crippen molar-refractivity contribution in [1.29, 1.82) is 0 Å². The smallest absolute Gasteiger partial charge is 0.278 e. The fourth-order valence-electron chi connectivity index (χ4n) is 3.44. The molecule has 1 aromatic carbocycles. The van der Waals surface area contributed by atoms with E-state index in [2.05, 4.69) is 25.2 Å². The first kappa shape index (κ1) is 20.7. The molecule has 1 fully saturated rings. The number of amides is 1. The van der Waals surface area contributed by atoms with Crippen molar-refractivity contribution in [2.45, 2.75) is 12.5 Å². The predicted octanol–water partition coefficient (Wildman–Crippen LogP) is 1.71. The fourth-order valence-corrected chi connectivity index (χ4v) is 3.44. The second kappa shape index (κ2) is 9.07. The van der Waals surface area contributed by atoms with Gasteiger partial charge in [0.05, 0.1) is 35.6 Å². The van der Waals surface area contributed by atoms with E-state index in [9.17, 15) is 4.79 Å². The van der Waals surface area contributed by atoms with Crippen molar-refractivity contribution in [3.63, 3.8) is 0 Å². The normalized spacial score (nSPS) is 13.7. The van der Waals surface area contributed by atoms with Gasteiger partial charge < -0.3 is 26.4 Å². The summed E-state index contributed by atoms with van der Waals surface area (Å²) in [5, 5.41) is 2.87. The minimum absolute atomic E-state index is 0.0647. The Bertz CT molecular complexity index is 1070. The van der Waals surface area contributed by atoms with Crippen LogP contribution in [0.2, 0.25) is 0 Å². The number of aromatic nitrogens is 3. The third kappa shape index (κ3) is 4.47. The average Bonchev–Trinajstić information content (AvgIpc) is 2.75. The summed E-state index contributed by atoms with van der Waals surface area (Å²) in [4.78, 5) is 27.9. The third-order valence-electron chi connectivity index (χ3n) is 5.27. The van der Waals surface area contributed by atoms with Crippen LogP contribution in [0, 0.1) is 0 Å². The van der Waals surface area contributed by atoms with Gasteiger partial charge in [-0.1, -0.05) is 24.3 Å². The van der Waals surface area contributed by atoms with Crippen molar-refractivity contribution < 1.29 is 9.53 Å². The number of ether oxygens (including phenoxy) is 1. The van der Waals surface area contributed by atoms with Crippen molar-refractivity contribution in [2.75, 3.05) is 42.7 Å². The monoisotopic (exact) mass is 419 g/mol. The fraction of sp³-hybridized carbons (Fsp3) is 0.273. The molecule has 0 aliphatic carbocycles. The molecule has 1 saturated heterocycles. The molecule has 1 aliphatic rings. The Balaban J connectivity index is 1.55. The SMILES string of the molecule is COC1CN(c2ccncc2NC(=O)c2nc(-c3ccc(CCN)cc3)cnc2N)C1. The summed E-state index contributed by atoms with van der Waals surface area (Å²) in [5.41, 5.74) is 15.6. The van der Waals surface area contributed by atoms with E-state index in [1.807, 2.05) is 30.3 Å². The van der Waals surface area contributed by atoms with Crippen LogP contribution in [-0.4, -0.2) is 53.7 Å². The van der Waals surface area contributed by atoms with E-state index in [1.165, 1.54) is 0 Å². The number of carbonyl (C=O) groups is 1. The Morgan fingerprint density at radius 3 is 2.71 bits per heavy atom. The highest BCUT2D eigenvalue weighted by Crippen LogP contribution is 2.30. The van der Waals surface area contributed by atoms with Crippen LogP contribution < -0.4 is 21.7 Å². The average molecular weight is 419 g/mol. The number of nitrogens with zero attached hydrogens (tertiary/aromatic N) is 4. The quantitative estimate of drug-likeness (QED) is 0.527. The number of nitrogens with one attached hydrogen (secondary N) is 1. The van der Waals surface area contributed by atoms with Gasteiger partial charge in [0.25, 0.3) is 5.91 Å². The molecule has 5 N–H and O–H groups in total. The Kier molecular flexibility index (Phi) is 6.06. The molecule has 0 saturated carbocycles. The van der Waals surface area contributed by atoms with Crippen molar-refractivity contribution in [3.05, 3.63) is 60.2 Å². The molecular weight excluding hydrogens is 394 g/mol. The lowest BCUT2D eigenvalue weighted by Gasteiger charge is -2.40. The molecule has 160 valence electrons. The second-order valence-electron chi connectivity index (χ2n) is 7.33. The maximum Gasteiger partial charge on any atom is 0.278 e. The zero-order valence-electron chi connectivity index (χ0n) is 17.3. The van der Waals surface area contributed by atoms with Crippen LogP contribution in [0.5, 0.6) is 0 Å². The van der Waals surface area contributed by atoms with E-state index in [0.29, 0.717) is 17.9 Å². The van der Waals surface area contributed by atoms with Crippen LogP contribution >= 0.6 is 0 Å². The molecular formula is C22H25N7O2. The molecule has 31 heavy (non-hydrogen) atoms. The van der Waals surface area contributed by atoms with Crippen LogP contribution in [0.1, 0.15) is 16.1 Å². The maximum atomic E-state index is 13.0. The number of anilines is 3. The topological polar surface area (TPSA) is 132 Å². The zero-order chi connectivity index (χ0) is 21.8. The standard InChI is InChI=1S/C22H25N7O2/c1-31-16-12-29(13-16)19-7-9-25-10-18(19)28-22(30)20-21(24)26-11-17(27-20)15-4-2-14(3-5-15)6-8-23/h2-5,7,9-11,16H,6,8,12-13,23H2,1H3,(H2,24,26)(H,28,30). The number of methoxy groups -OCH3 is 1. The summed E-state index contributed by atoms with van der Waals surface area (Å²) in [7, 11) is 1.69. The minimum Gasteiger partial charge on any atom is -0.382 e. The first-order valence-corrected chi connectivity index (χ1v) is 10.0. The van der Waals surface area contributed by atoms with Crippen LogP contribution in [0.25, 0.3) is 11.3 Å².